The number of nitrogens with zero attached hydrogens (tertiary/aromatic N) is 2. The van der Waals surface area contributed by atoms with E-state index in [-0.39, 0.29) is 17.4 Å². The van der Waals surface area contributed by atoms with Crippen LogP contribution >= 0.6 is 0 Å². The van der Waals surface area contributed by atoms with Gasteiger partial charge < -0.3 is 14.4 Å². The highest BCUT2D eigenvalue weighted by atomic mass is 16.5. The molecule has 3 heterocycles. The summed E-state index contributed by atoms with van der Waals surface area (Å²) in [6.45, 7) is 6.79. The lowest BCUT2D eigenvalue weighted by molar-refractivity contribution is -0.168. The molecule has 1 spiro atoms. The maximum Gasteiger partial charge on any atom is 0.225 e. The second-order valence-electron chi connectivity index (χ2n) is 6.55. The van der Waals surface area contributed by atoms with Crippen LogP contribution in [0.15, 0.2) is 24.4 Å². The van der Waals surface area contributed by atoms with Crippen molar-refractivity contribution >= 4 is 5.91 Å². The lowest BCUT2D eigenvalue weighted by Crippen LogP contribution is -2.66. The maximum absolute atomic E-state index is 12.0. The van der Waals surface area contributed by atoms with E-state index in [4.69, 9.17) is 9.47 Å². The van der Waals surface area contributed by atoms with E-state index in [1.165, 1.54) is 0 Å². The highest BCUT2D eigenvalue weighted by Crippen LogP contribution is 2.42. The summed E-state index contributed by atoms with van der Waals surface area (Å²) in [4.78, 5) is 18.1. The SMILES string of the molecule is CC(C)C(=O)N1CC2(C1)OCCC2CCOc1ccccn1. The van der Waals surface area contributed by atoms with Gasteiger partial charge in [-0.3, -0.25) is 4.79 Å². The Bertz CT molecular complexity index is 512. The van der Waals surface area contributed by atoms with Crippen molar-refractivity contribution in [3.05, 3.63) is 24.4 Å². The summed E-state index contributed by atoms with van der Waals surface area (Å²) in [5, 5.41) is 0. The largest absolute Gasteiger partial charge is 0.478 e. The average Bonchev–Trinajstić information content (AvgIpc) is 2.90. The lowest BCUT2D eigenvalue weighted by Gasteiger charge is -2.50. The molecule has 120 valence electrons. The number of rotatable bonds is 5. The molecule has 0 aromatic carbocycles. The van der Waals surface area contributed by atoms with Gasteiger partial charge in [-0.1, -0.05) is 19.9 Å². The summed E-state index contributed by atoms with van der Waals surface area (Å²) in [6.07, 6.45) is 3.73. The molecule has 1 aromatic heterocycles. The minimum atomic E-state index is -0.127. The molecule has 22 heavy (non-hydrogen) atoms. The molecule has 0 bridgehead atoms. The van der Waals surface area contributed by atoms with Crippen molar-refractivity contribution in [2.24, 2.45) is 11.8 Å². The number of carbonyl (C=O) groups is 1. The van der Waals surface area contributed by atoms with Gasteiger partial charge in [-0.2, -0.15) is 0 Å². The molecule has 2 fully saturated rings. The van der Waals surface area contributed by atoms with E-state index in [0.29, 0.717) is 18.4 Å². The molecule has 1 amide bonds. The number of aromatic nitrogens is 1. The fraction of sp³-hybridized carbons (Fsp3) is 0.647. The standard InChI is InChI=1S/C17H24N2O3/c1-13(2)16(20)19-11-17(12-19)14(7-10-22-17)6-9-21-15-5-3-4-8-18-15/h3-5,8,13-14H,6-7,9-12H2,1-2H3. The molecule has 3 rings (SSSR count). The fourth-order valence-electron chi connectivity index (χ4n) is 3.40. The quantitative estimate of drug-likeness (QED) is 0.836. The highest BCUT2D eigenvalue weighted by Gasteiger charge is 2.54. The van der Waals surface area contributed by atoms with Crippen LogP contribution in [0.4, 0.5) is 0 Å². The normalized spacial score (nSPS) is 22.9. The van der Waals surface area contributed by atoms with Crippen LogP contribution in [0.5, 0.6) is 5.88 Å². The third kappa shape index (κ3) is 2.95. The summed E-state index contributed by atoms with van der Waals surface area (Å²) in [5.74, 6) is 1.42. The van der Waals surface area contributed by atoms with Gasteiger partial charge in [0.05, 0.1) is 19.7 Å². The van der Waals surface area contributed by atoms with Crippen molar-refractivity contribution < 1.29 is 14.3 Å². The van der Waals surface area contributed by atoms with E-state index >= 15 is 0 Å². The molecule has 0 radical (unpaired) electrons. The highest BCUT2D eigenvalue weighted by molar-refractivity contribution is 5.79. The van der Waals surface area contributed by atoms with Crippen molar-refractivity contribution in [3.8, 4) is 5.88 Å². The molecule has 1 unspecified atom stereocenters. The Morgan fingerprint density at radius 2 is 2.32 bits per heavy atom. The topological polar surface area (TPSA) is 51.7 Å². The van der Waals surface area contributed by atoms with E-state index in [2.05, 4.69) is 4.98 Å². The first kappa shape index (κ1) is 15.3. The Hall–Kier alpha value is -1.62. The molecule has 1 aromatic rings. The summed E-state index contributed by atoms with van der Waals surface area (Å²) in [7, 11) is 0. The molecule has 2 saturated heterocycles. The molecule has 5 nitrogen and oxygen atoms in total. The summed E-state index contributed by atoms with van der Waals surface area (Å²) in [5.41, 5.74) is -0.127. The third-order valence-electron chi connectivity index (χ3n) is 4.68. The second-order valence-corrected chi connectivity index (χ2v) is 6.55. The summed E-state index contributed by atoms with van der Waals surface area (Å²) in [6, 6.07) is 5.67. The summed E-state index contributed by atoms with van der Waals surface area (Å²) < 4.78 is 11.7. The van der Waals surface area contributed by atoms with Gasteiger partial charge in [-0.05, 0) is 24.8 Å². The van der Waals surface area contributed by atoms with E-state index in [1.807, 2.05) is 36.9 Å². The summed E-state index contributed by atoms with van der Waals surface area (Å²) >= 11 is 0. The van der Waals surface area contributed by atoms with Crippen LogP contribution < -0.4 is 4.74 Å². The van der Waals surface area contributed by atoms with Crippen molar-refractivity contribution in [2.45, 2.75) is 32.3 Å². The van der Waals surface area contributed by atoms with Crippen LogP contribution in [-0.2, 0) is 9.53 Å². The van der Waals surface area contributed by atoms with Crippen LogP contribution in [0.2, 0.25) is 0 Å². The average molecular weight is 304 g/mol. The van der Waals surface area contributed by atoms with Crippen LogP contribution in [0.3, 0.4) is 0 Å². The van der Waals surface area contributed by atoms with Gasteiger partial charge in [0.2, 0.25) is 11.8 Å². The number of carbonyl (C=O) groups excluding carboxylic acids is 1. The zero-order valence-corrected chi connectivity index (χ0v) is 13.3. The predicted molar refractivity (Wildman–Crippen MR) is 82.6 cm³/mol. The first-order chi connectivity index (χ1) is 10.6. The van der Waals surface area contributed by atoms with Crippen LogP contribution in [0.1, 0.15) is 26.7 Å². The van der Waals surface area contributed by atoms with Crippen LogP contribution in [0, 0.1) is 11.8 Å². The number of hydrogen-bond acceptors (Lipinski definition) is 4. The van der Waals surface area contributed by atoms with Crippen molar-refractivity contribution in [1.29, 1.82) is 0 Å². The Morgan fingerprint density at radius 3 is 3.00 bits per heavy atom. The van der Waals surface area contributed by atoms with Gasteiger partial charge >= 0.3 is 0 Å². The van der Waals surface area contributed by atoms with Gasteiger partial charge in [0, 0.05) is 24.8 Å². The Morgan fingerprint density at radius 1 is 1.50 bits per heavy atom. The van der Waals surface area contributed by atoms with Crippen LogP contribution in [0.25, 0.3) is 0 Å². The monoisotopic (exact) mass is 304 g/mol. The molecule has 0 N–H and O–H groups in total. The first-order valence-corrected chi connectivity index (χ1v) is 8.07. The number of likely N-dealkylation sites (tertiary alicyclic amines) is 1. The zero-order valence-electron chi connectivity index (χ0n) is 13.3. The van der Waals surface area contributed by atoms with Gasteiger partial charge in [0.25, 0.3) is 0 Å². The van der Waals surface area contributed by atoms with Crippen molar-refractivity contribution in [1.82, 2.24) is 9.88 Å². The van der Waals surface area contributed by atoms with E-state index < -0.39 is 0 Å². The van der Waals surface area contributed by atoms with Crippen molar-refractivity contribution in [3.63, 3.8) is 0 Å². The Balaban J connectivity index is 1.49. The molecular formula is C17H24N2O3. The minimum absolute atomic E-state index is 0.0599. The van der Waals surface area contributed by atoms with E-state index in [9.17, 15) is 4.79 Å². The number of amides is 1. The van der Waals surface area contributed by atoms with Gasteiger partial charge in [-0.25, -0.2) is 4.98 Å². The number of hydrogen-bond donors (Lipinski definition) is 0. The fourth-order valence-corrected chi connectivity index (χ4v) is 3.40. The molecule has 2 aliphatic heterocycles. The lowest BCUT2D eigenvalue weighted by atomic mass is 9.78. The van der Waals surface area contributed by atoms with Crippen molar-refractivity contribution in [2.75, 3.05) is 26.3 Å². The second kappa shape index (κ2) is 6.24. The Labute approximate surface area is 131 Å². The molecule has 5 heteroatoms. The minimum Gasteiger partial charge on any atom is -0.478 e. The van der Waals surface area contributed by atoms with E-state index in [1.54, 1.807) is 6.20 Å². The molecule has 0 saturated carbocycles. The van der Waals surface area contributed by atoms with Crippen LogP contribution in [-0.4, -0.2) is 47.7 Å². The van der Waals surface area contributed by atoms with Gasteiger partial charge in [-0.15, -0.1) is 0 Å². The maximum atomic E-state index is 12.0. The molecule has 1 atom stereocenters. The zero-order chi connectivity index (χ0) is 15.6. The van der Waals surface area contributed by atoms with Gasteiger partial charge in [0.1, 0.15) is 5.60 Å². The molecule has 0 aliphatic carbocycles. The van der Waals surface area contributed by atoms with E-state index in [0.717, 1.165) is 32.5 Å². The number of pyridine rings is 1. The molecule has 2 aliphatic rings. The predicted octanol–water partition coefficient (Wildman–Crippen LogP) is 2.12. The molecular weight excluding hydrogens is 280 g/mol. The number of ether oxygens (including phenoxy) is 2. The first-order valence-electron chi connectivity index (χ1n) is 8.07. The smallest absolute Gasteiger partial charge is 0.225 e. The third-order valence-corrected chi connectivity index (χ3v) is 4.68. The Kier molecular flexibility index (Phi) is 4.34. The van der Waals surface area contributed by atoms with Gasteiger partial charge in [0.15, 0.2) is 0 Å².